The molecule has 0 bridgehead atoms. The number of aromatic nitrogens is 3. The summed E-state index contributed by atoms with van der Waals surface area (Å²) in [6.07, 6.45) is 5.40. The predicted molar refractivity (Wildman–Crippen MR) is 71.1 cm³/mol. The molecule has 0 spiro atoms. The number of hydrogen-bond acceptors (Lipinski definition) is 5. The van der Waals surface area contributed by atoms with Gasteiger partial charge in [0.25, 0.3) is 0 Å². The number of rotatable bonds is 6. The maximum Gasteiger partial charge on any atom is 0.183 e. The van der Waals surface area contributed by atoms with E-state index in [0.717, 1.165) is 11.5 Å². The Morgan fingerprint density at radius 2 is 2.00 bits per heavy atom. The van der Waals surface area contributed by atoms with Crippen molar-refractivity contribution >= 4 is 0 Å². The monoisotopic (exact) mass is 262 g/mol. The Hall–Kier alpha value is -2.08. The second-order valence-corrected chi connectivity index (χ2v) is 4.05. The third-order valence-corrected chi connectivity index (χ3v) is 2.86. The Bertz CT molecular complexity index is 539. The van der Waals surface area contributed by atoms with Gasteiger partial charge in [-0.25, -0.2) is 4.98 Å². The second-order valence-electron chi connectivity index (χ2n) is 4.05. The largest absolute Gasteiger partial charge is 0.493 e. The van der Waals surface area contributed by atoms with Crippen LogP contribution in [0, 0.1) is 0 Å². The molecule has 102 valence electrons. The van der Waals surface area contributed by atoms with Crippen molar-refractivity contribution in [2.45, 2.75) is 13.1 Å². The van der Waals surface area contributed by atoms with Crippen molar-refractivity contribution in [1.82, 2.24) is 19.9 Å². The first-order chi connectivity index (χ1) is 9.26. The zero-order valence-electron chi connectivity index (χ0n) is 11.4. The Morgan fingerprint density at radius 1 is 1.16 bits per heavy atom. The molecule has 0 aliphatic rings. The SMILES string of the molecule is COc1ccnc(CNCc2nccn2C)c1OC. The summed E-state index contributed by atoms with van der Waals surface area (Å²) in [5.41, 5.74) is 0.816. The average Bonchev–Trinajstić information content (AvgIpc) is 2.84. The first kappa shape index (κ1) is 13.4. The van der Waals surface area contributed by atoms with Gasteiger partial charge in [-0.2, -0.15) is 0 Å². The molecule has 0 saturated carbocycles. The summed E-state index contributed by atoms with van der Waals surface area (Å²) in [6.45, 7) is 1.26. The molecule has 6 heteroatoms. The molecule has 0 aromatic carbocycles. The molecule has 2 rings (SSSR count). The van der Waals surface area contributed by atoms with Crippen LogP contribution in [0.4, 0.5) is 0 Å². The van der Waals surface area contributed by atoms with Gasteiger partial charge in [-0.1, -0.05) is 0 Å². The van der Waals surface area contributed by atoms with E-state index in [1.54, 1.807) is 32.7 Å². The summed E-state index contributed by atoms with van der Waals surface area (Å²) < 4.78 is 12.5. The van der Waals surface area contributed by atoms with Gasteiger partial charge in [0.1, 0.15) is 5.82 Å². The molecule has 2 heterocycles. The Morgan fingerprint density at radius 3 is 2.63 bits per heavy atom. The third-order valence-electron chi connectivity index (χ3n) is 2.86. The average molecular weight is 262 g/mol. The van der Waals surface area contributed by atoms with E-state index in [0.29, 0.717) is 24.6 Å². The highest BCUT2D eigenvalue weighted by molar-refractivity contribution is 5.42. The van der Waals surface area contributed by atoms with Crippen LogP contribution >= 0.6 is 0 Å². The smallest absolute Gasteiger partial charge is 0.183 e. The molecule has 0 saturated heterocycles. The molecule has 0 atom stereocenters. The van der Waals surface area contributed by atoms with Crippen molar-refractivity contribution in [2.24, 2.45) is 7.05 Å². The molecule has 0 radical (unpaired) electrons. The number of methoxy groups -OCH3 is 2. The predicted octanol–water partition coefficient (Wildman–Crippen LogP) is 1.12. The van der Waals surface area contributed by atoms with E-state index in [-0.39, 0.29) is 0 Å². The molecule has 0 amide bonds. The lowest BCUT2D eigenvalue weighted by molar-refractivity contribution is 0.348. The second kappa shape index (κ2) is 6.19. The molecule has 6 nitrogen and oxygen atoms in total. The number of ether oxygens (including phenoxy) is 2. The minimum atomic E-state index is 0.591. The molecule has 0 unspecified atom stereocenters. The van der Waals surface area contributed by atoms with Crippen molar-refractivity contribution in [1.29, 1.82) is 0 Å². The van der Waals surface area contributed by atoms with Gasteiger partial charge in [0.05, 0.1) is 26.5 Å². The van der Waals surface area contributed by atoms with Crippen LogP contribution in [0.1, 0.15) is 11.5 Å². The Balaban J connectivity index is 2.01. The minimum absolute atomic E-state index is 0.591. The van der Waals surface area contributed by atoms with Crippen molar-refractivity contribution in [2.75, 3.05) is 14.2 Å². The first-order valence-corrected chi connectivity index (χ1v) is 5.99. The first-order valence-electron chi connectivity index (χ1n) is 5.99. The normalized spacial score (nSPS) is 10.5. The van der Waals surface area contributed by atoms with Crippen molar-refractivity contribution in [3.05, 3.63) is 36.2 Å². The maximum atomic E-state index is 5.33. The molecule has 19 heavy (non-hydrogen) atoms. The molecule has 0 aliphatic carbocycles. The van der Waals surface area contributed by atoms with Gasteiger partial charge in [-0.05, 0) is 0 Å². The lowest BCUT2D eigenvalue weighted by Crippen LogP contribution is -2.17. The summed E-state index contributed by atoms with van der Waals surface area (Å²) in [5.74, 6) is 2.32. The fourth-order valence-electron chi connectivity index (χ4n) is 1.84. The lowest BCUT2D eigenvalue weighted by Gasteiger charge is -2.12. The van der Waals surface area contributed by atoms with Crippen LogP contribution in [0.5, 0.6) is 11.5 Å². The van der Waals surface area contributed by atoms with Crippen LogP contribution in [0.25, 0.3) is 0 Å². The van der Waals surface area contributed by atoms with Gasteiger partial charge in [-0.15, -0.1) is 0 Å². The maximum absolute atomic E-state index is 5.33. The van der Waals surface area contributed by atoms with Gasteiger partial charge in [0.15, 0.2) is 11.5 Å². The summed E-state index contributed by atoms with van der Waals surface area (Å²) >= 11 is 0. The Labute approximate surface area is 112 Å². The van der Waals surface area contributed by atoms with E-state index in [1.807, 2.05) is 17.8 Å². The highest BCUT2D eigenvalue weighted by Crippen LogP contribution is 2.28. The highest BCUT2D eigenvalue weighted by Gasteiger charge is 2.10. The van der Waals surface area contributed by atoms with E-state index in [1.165, 1.54) is 0 Å². The molecule has 2 aromatic rings. The summed E-state index contributed by atoms with van der Waals surface area (Å²) in [7, 11) is 5.19. The highest BCUT2D eigenvalue weighted by atomic mass is 16.5. The summed E-state index contributed by atoms with van der Waals surface area (Å²) in [5, 5.41) is 3.29. The fourth-order valence-corrected chi connectivity index (χ4v) is 1.84. The Kier molecular flexibility index (Phi) is 4.35. The van der Waals surface area contributed by atoms with Crippen LogP contribution in [-0.4, -0.2) is 28.8 Å². The zero-order valence-corrected chi connectivity index (χ0v) is 11.4. The van der Waals surface area contributed by atoms with E-state index in [4.69, 9.17) is 9.47 Å². The van der Waals surface area contributed by atoms with Crippen molar-refractivity contribution < 1.29 is 9.47 Å². The number of pyridine rings is 1. The summed E-state index contributed by atoms with van der Waals surface area (Å²) in [6, 6.07) is 1.78. The zero-order chi connectivity index (χ0) is 13.7. The number of aryl methyl sites for hydroxylation is 1. The van der Waals surface area contributed by atoms with Crippen LogP contribution in [0.2, 0.25) is 0 Å². The molecular formula is C13H18N4O2. The van der Waals surface area contributed by atoms with E-state index >= 15 is 0 Å². The summed E-state index contributed by atoms with van der Waals surface area (Å²) in [4.78, 5) is 8.55. The van der Waals surface area contributed by atoms with Gasteiger partial charge in [0, 0.05) is 38.2 Å². The number of imidazole rings is 1. The third kappa shape index (κ3) is 3.03. The van der Waals surface area contributed by atoms with E-state index in [2.05, 4.69) is 15.3 Å². The standard InChI is InChI=1S/C13H18N4O2/c1-17-7-6-16-12(17)9-14-8-10-13(19-3)11(18-2)4-5-15-10/h4-7,14H,8-9H2,1-3H3. The quantitative estimate of drug-likeness (QED) is 0.845. The van der Waals surface area contributed by atoms with Gasteiger partial charge in [0.2, 0.25) is 0 Å². The molecule has 2 aromatic heterocycles. The fraction of sp³-hybridized carbons (Fsp3) is 0.385. The van der Waals surface area contributed by atoms with Crippen LogP contribution in [0.3, 0.4) is 0 Å². The van der Waals surface area contributed by atoms with Crippen molar-refractivity contribution in [3.8, 4) is 11.5 Å². The molecule has 0 fully saturated rings. The van der Waals surface area contributed by atoms with Crippen LogP contribution in [0.15, 0.2) is 24.7 Å². The molecule has 1 N–H and O–H groups in total. The van der Waals surface area contributed by atoms with Gasteiger partial charge >= 0.3 is 0 Å². The topological polar surface area (TPSA) is 61.2 Å². The number of hydrogen-bond donors (Lipinski definition) is 1. The van der Waals surface area contributed by atoms with Crippen molar-refractivity contribution in [3.63, 3.8) is 0 Å². The molecular weight excluding hydrogens is 244 g/mol. The van der Waals surface area contributed by atoms with Crippen LogP contribution in [-0.2, 0) is 20.1 Å². The van der Waals surface area contributed by atoms with Crippen LogP contribution < -0.4 is 14.8 Å². The van der Waals surface area contributed by atoms with E-state index in [9.17, 15) is 0 Å². The number of nitrogens with one attached hydrogen (secondary N) is 1. The van der Waals surface area contributed by atoms with Gasteiger partial charge < -0.3 is 19.4 Å². The van der Waals surface area contributed by atoms with Gasteiger partial charge in [-0.3, -0.25) is 4.98 Å². The van der Waals surface area contributed by atoms with E-state index < -0.39 is 0 Å². The molecule has 0 aliphatic heterocycles. The lowest BCUT2D eigenvalue weighted by atomic mass is 10.3. The number of nitrogens with zero attached hydrogens (tertiary/aromatic N) is 3. The minimum Gasteiger partial charge on any atom is -0.493 e.